The molecular formula is C22H22N4O3. The van der Waals surface area contributed by atoms with E-state index in [-0.39, 0.29) is 18.0 Å². The number of carbonyl (C=O) groups is 1. The van der Waals surface area contributed by atoms with Crippen LogP contribution >= 0.6 is 0 Å². The van der Waals surface area contributed by atoms with Crippen molar-refractivity contribution in [2.75, 3.05) is 13.7 Å². The molecule has 0 fully saturated rings. The van der Waals surface area contributed by atoms with Gasteiger partial charge in [-0.25, -0.2) is 4.68 Å². The molecular weight excluding hydrogens is 368 g/mol. The van der Waals surface area contributed by atoms with E-state index in [2.05, 4.69) is 10.4 Å². The van der Waals surface area contributed by atoms with E-state index in [0.717, 1.165) is 22.9 Å². The summed E-state index contributed by atoms with van der Waals surface area (Å²) in [5, 5.41) is 8.04. The maximum absolute atomic E-state index is 12.9. The minimum atomic E-state index is -0.313. The fourth-order valence-corrected chi connectivity index (χ4v) is 3.57. The van der Waals surface area contributed by atoms with Crippen LogP contribution in [0.15, 0.2) is 59.4 Å². The predicted molar refractivity (Wildman–Crippen MR) is 111 cm³/mol. The number of nitrogens with zero attached hydrogens (tertiary/aromatic N) is 3. The van der Waals surface area contributed by atoms with E-state index < -0.39 is 0 Å². The fraction of sp³-hybridized carbons (Fsp3) is 0.227. The smallest absolute Gasteiger partial charge is 0.291 e. The average Bonchev–Trinajstić information content (AvgIpc) is 3.13. The third kappa shape index (κ3) is 3.59. The molecule has 0 saturated heterocycles. The summed E-state index contributed by atoms with van der Waals surface area (Å²) in [6, 6.07) is 17.3. The number of benzene rings is 2. The molecule has 0 atom stereocenters. The highest BCUT2D eigenvalue weighted by molar-refractivity contribution is 5.92. The number of rotatable bonds is 6. The molecule has 2 aromatic carbocycles. The van der Waals surface area contributed by atoms with Crippen LogP contribution in [-0.4, -0.2) is 33.7 Å². The molecule has 2 heterocycles. The molecule has 1 amide bonds. The second kappa shape index (κ2) is 7.79. The SMILES string of the molecule is COc1cccc2c1cc1c(=O)n(CC(=O)NCCc3ccccc3)nc(C)n12. The van der Waals surface area contributed by atoms with Crippen molar-refractivity contribution in [1.29, 1.82) is 0 Å². The Kier molecular flexibility index (Phi) is 5.03. The third-order valence-corrected chi connectivity index (χ3v) is 4.94. The molecule has 0 unspecified atom stereocenters. The zero-order valence-electron chi connectivity index (χ0n) is 16.4. The number of aryl methyl sites for hydroxylation is 1. The lowest BCUT2D eigenvalue weighted by molar-refractivity contribution is -0.121. The lowest BCUT2D eigenvalue weighted by atomic mass is 10.1. The Morgan fingerprint density at radius 3 is 2.66 bits per heavy atom. The van der Waals surface area contributed by atoms with Crippen LogP contribution in [0.2, 0.25) is 0 Å². The Labute approximate surface area is 167 Å². The molecule has 148 valence electrons. The number of methoxy groups -OCH3 is 1. The van der Waals surface area contributed by atoms with Gasteiger partial charge in [0.15, 0.2) is 0 Å². The number of ether oxygens (including phenoxy) is 1. The molecule has 0 saturated carbocycles. The molecule has 0 aliphatic carbocycles. The van der Waals surface area contributed by atoms with E-state index in [1.165, 1.54) is 4.68 Å². The summed E-state index contributed by atoms with van der Waals surface area (Å²) in [7, 11) is 1.60. The van der Waals surface area contributed by atoms with Gasteiger partial charge in [-0.3, -0.25) is 14.0 Å². The van der Waals surface area contributed by atoms with Crippen LogP contribution in [0.25, 0.3) is 16.4 Å². The van der Waals surface area contributed by atoms with Crippen molar-refractivity contribution in [2.45, 2.75) is 19.9 Å². The Morgan fingerprint density at radius 1 is 1.10 bits per heavy atom. The lowest BCUT2D eigenvalue weighted by Gasteiger charge is -2.09. The number of hydrogen-bond donors (Lipinski definition) is 1. The van der Waals surface area contributed by atoms with Gasteiger partial charge in [-0.1, -0.05) is 36.4 Å². The first-order valence-corrected chi connectivity index (χ1v) is 9.45. The van der Waals surface area contributed by atoms with Crippen LogP contribution in [0.5, 0.6) is 5.75 Å². The van der Waals surface area contributed by atoms with Crippen LogP contribution in [0.4, 0.5) is 0 Å². The molecule has 4 aromatic rings. The highest BCUT2D eigenvalue weighted by Gasteiger charge is 2.15. The zero-order valence-corrected chi connectivity index (χ0v) is 16.4. The predicted octanol–water partition coefficient (Wildman–Crippen LogP) is 2.33. The van der Waals surface area contributed by atoms with Gasteiger partial charge in [0, 0.05) is 11.9 Å². The van der Waals surface area contributed by atoms with E-state index in [0.29, 0.717) is 23.6 Å². The van der Waals surface area contributed by atoms with Crippen molar-refractivity contribution in [3.63, 3.8) is 0 Å². The first-order chi connectivity index (χ1) is 14.1. The van der Waals surface area contributed by atoms with Crippen molar-refractivity contribution < 1.29 is 9.53 Å². The second-order valence-corrected chi connectivity index (χ2v) is 6.85. The van der Waals surface area contributed by atoms with Crippen LogP contribution in [-0.2, 0) is 17.8 Å². The fourth-order valence-electron chi connectivity index (χ4n) is 3.57. The summed E-state index contributed by atoms with van der Waals surface area (Å²) in [5.41, 5.74) is 2.15. The quantitative estimate of drug-likeness (QED) is 0.548. The highest BCUT2D eigenvalue weighted by atomic mass is 16.5. The first-order valence-electron chi connectivity index (χ1n) is 9.45. The van der Waals surface area contributed by atoms with E-state index in [1.807, 2.05) is 55.5 Å². The van der Waals surface area contributed by atoms with Crippen molar-refractivity contribution in [3.8, 4) is 5.75 Å². The maximum atomic E-state index is 12.9. The van der Waals surface area contributed by atoms with E-state index >= 15 is 0 Å². The molecule has 2 aromatic heterocycles. The number of fused-ring (bicyclic) bond motifs is 3. The summed E-state index contributed by atoms with van der Waals surface area (Å²) in [5.74, 6) is 1.07. The van der Waals surface area contributed by atoms with Crippen LogP contribution in [0.3, 0.4) is 0 Å². The van der Waals surface area contributed by atoms with Gasteiger partial charge in [-0.15, -0.1) is 0 Å². The molecule has 4 rings (SSSR count). The summed E-state index contributed by atoms with van der Waals surface area (Å²) >= 11 is 0. The summed E-state index contributed by atoms with van der Waals surface area (Å²) < 4.78 is 8.42. The van der Waals surface area contributed by atoms with Crippen LogP contribution < -0.4 is 15.6 Å². The van der Waals surface area contributed by atoms with Crippen LogP contribution in [0, 0.1) is 6.92 Å². The molecule has 0 aliphatic heterocycles. The Morgan fingerprint density at radius 2 is 1.90 bits per heavy atom. The highest BCUT2D eigenvalue weighted by Crippen LogP contribution is 2.28. The summed E-state index contributed by atoms with van der Waals surface area (Å²) in [6.45, 7) is 2.20. The minimum Gasteiger partial charge on any atom is -0.496 e. The summed E-state index contributed by atoms with van der Waals surface area (Å²) in [4.78, 5) is 25.3. The van der Waals surface area contributed by atoms with Gasteiger partial charge >= 0.3 is 0 Å². The number of nitrogens with one attached hydrogen (secondary N) is 1. The van der Waals surface area contributed by atoms with Gasteiger partial charge in [-0.2, -0.15) is 5.10 Å². The van der Waals surface area contributed by atoms with Gasteiger partial charge in [0.05, 0.1) is 12.6 Å². The van der Waals surface area contributed by atoms with Gasteiger partial charge in [0.25, 0.3) is 5.56 Å². The normalized spacial score (nSPS) is 11.1. The van der Waals surface area contributed by atoms with Crippen LogP contribution in [0.1, 0.15) is 11.4 Å². The van der Waals surface area contributed by atoms with Gasteiger partial charge in [0.1, 0.15) is 23.6 Å². The topological polar surface area (TPSA) is 77.6 Å². The molecule has 1 N–H and O–H groups in total. The molecule has 7 heteroatoms. The largest absolute Gasteiger partial charge is 0.496 e. The zero-order chi connectivity index (χ0) is 20.4. The number of aromatic nitrogens is 3. The van der Waals surface area contributed by atoms with E-state index in [9.17, 15) is 9.59 Å². The number of amides is 1. The molecule has 0 radical (unpaired) electrons. The number of hydrogen-bond acceptors (Lipinski definition) is 4. The second-order valence-electron chi connectivity index (χ2n) is 6.85. The van der Waals surface area contributed by atoms with Crippen molar-refractivity contribution >= 4 is 22.3 Å². The Balaban J connectivity index is 1.58. The molecule has 0 spiro atoms. The number of carbonyl (C=O) groups excluding carboxylic acids is 1. The van der Waals surface area contributed by atoms with E-state index in [1.54, 1.807) is 17.6 Å². The van der Waals surface area contributed by atoms with E-state index in [4.69, 9.17) is 4.74 Å². The minimum absolute atomic E-state index is 0.121. The van der Waals surface area contributed by atoms with Crippen molar-refractivity contribution in [3.05, 3.63) is 76.3 Å². The molecule has 0 bridgehead atoms. The molecule has 29 heavy (non-hydrogen) atoms. The maximum Gasteiger partial charge on any atom is 0.291 e. The third-order valence-electron chi connectivity index (χ3n) is 4.94. The Hall–Kier alpha value is -3.61. The van der Waals surface area contributed by atoms with Gasteiger partial charge in [0.2, 0.25) is 5.91 Å². The monoisotopic (exact) mass is 390 g/mol. The van der Waals surface area contributed by atoms with Crippen molar-refractivity contribution in [2.24, 2.45) is 0 Å². The Bertz CT molecular complexity index is 1240. The average molecular weight is 390 g/mol. The summed E-state index contributed by atoms with van der Waals surface area (Å²) in [6.07, 6.45) is 0.733. The van der Waals surface area contributed by atoms with Crippen molar-refractivity contribution in [1.82, 2.24) is 19.5 Å². The lowest BCUT2D eigenvalue weighted by Crippen LogP contribution is -2.35. The standard InChI is InChI=1S/C22H22N4O3/c1-15-24-25(14-21(27)23-12-11-16-7-4-3-5-8-16)22(28)19-13-17-18(26(15)19)9-6-10-20(17)29-2/h3-10,13H,11-12,14H2,1-2H3,(H,23,27). The molecule has 7 nitrogen and oxygen atoms in total. The first kappa shape index (κ1) is 18.7. The van der Waals surface area contributed by atoms with Gasteiger partial charge in [-0.05, 0) is 37.1 Å². The molecule has 0 aliphatic rings. The van der Waals surface area contributed by atoms with Gasteiger partial charge < -0.3 is 10.1 Å².